The number of nitro benzene ring substituents is 1. The summed E-state index contributed by atoms with van der Waals surface area (Å²) in [6.45, 7) is 0. The maximum absolute atomic E-state index is 14.2. The Kier molecular flexibility index (Phi) is 4.60. The van der Waals surface area contributed by atoms with Gasteiger partial charge in [0.25, 0.3) is 5.69 Å². The highest BCUT2D eigenvalue weighted by Crippen LogP contribution is 2.41. The van der Waals surface area contributed by atoms with Crippen molar-refractivity contribution in [2.24, 2.45) is 0 Å². The van der Waals surface area contributed by atoms with E-state index in [-0.39, 0.29) is 17.2 Å². The van der Waals surface area contributed by atoms with Crippen molar-refractivity contribution in [3.05, 3.63) is 63.5 Å². The number of hydrogen-bond donors (Lipinski definition) is 0. The first-order valence-corrected chi connectivity index (χ1v) is 8.41. The Labute approximate surface area is 152 Å². The molecule has 0 N–H and O–H groups in total. The third-order valence-corrected chi connectivity index (χ3v) is 5.24. The summed E-state index contributed by atoms with van der Waals surface area (Å²) in [6, 6.07) is 8.22. The number of carbonyl (C=O) groups excluding carboxylic acids is 1. The molecule has 0 aliphatic carbocycles. The average Bonchev–Trinajstić information content (AvgIpc) is 2.98. The van der Waals surface area contributed by atoms with Gasteiger partial charge in [0.15, 0.2) is 17.3 Å². The van der Waals surface area contributed by atoms with E-state index in [0.717, 1.165) is 4.70 Å². The van der Waals surface area contributed by atoms with Crippen molar-refractivity contribution in [1.82, 2.24) is 0 Å². The van der Waals surface area contributed by atoms with E-state index in [1.165, 1.54) is 48.8 Å². The maximum Gasteiger partial charge on any atom is 0.269 e. The van der Waals surface area contributed by atoms with Crippen LogP contribution in [0.5, 0.6) is 5.75 Å². The van der Waals surface area contributed by atoms with Crippen LogP contribution in [0.2, 0.25) is 0 Å². The lowest BCUT2D eigenvalue weighted by molar-refractivity contribution is -0.384. The molecule has 134 valence electrons. The molecule has 0 amide bonds. The van der Waals surface area contributed by atoms with E-state index < -0.39 is 10.7 Å². The van der Waals surface area contributed by atoms with E-state index in [1.54, 1.807) is 25.1 Å². The van der Waals surface area contributed by atoms with Gasteiger partial charge in [-0.15, -0.1) is 11.3 Å². The number of nitrogens with zero attached hydrogens (tertiary/aromatic N) is 2. The zero-order chi connectivity index (χ0) is 19.0. The molecule has 0 saturated carbocycles. The molecule has 0 radical (unpaired) electrons. The molecule has 1 heterocycles. The number of thiophene rings is 1. The molecule has 26 heavy (non-hydrogen) atoms. The van der Waals surface area contributed by atoms with E-state index >= 15 is 0 Å². The Morgan fingerprint density at radius 3 is 2.42 bits per heavy atom. The number of methoxy groups -OCH3 is 1. The Bertz CT molecular complexity index is 1010. The van der Waals surface area contributed by atoms with Gasteiger partial charge in [-0.1, -0.05) is 0 Å². The monoisotopic (exact) mass is 374 g/mol. The van der Waals surface area contributed by atoms with Gasteiger partial charge < -0.3 is 9.64 Å². The van der Waals surface area contributed by atoms with Crippen LogP contribution >= 0.6 is 11.3 Å². The first kappa shape index (κ1) is 17.8. The van der Waals surface area contributed by atoms with Crippen LogP contribution in [0.1, 0.15) is 15.9 Å². The number of ketones is 1. The third kappa shape index (κ3) is 2.99. The van der Waals surface area contributed by atoms with Crippen LogP contribution < -0.4 is 9.64 Å². The molecule has 0 bridgehead atoms. The van der Waals surface area contributed by atoms with E-state index in [9.17, 15) is 19.3 Å². The van der Waals surface area contributed by atoms with Crippen molar-refractivity contribution >= 4 is 37.9 Å². The highest BCUT2D eigenvalue weighted by atomic mass is 32.1. The molecular formula is C18H15FN2O4S. The van der Waals surface area contributed by atoms with Crippen molar-refractivity contribution in [2.75, 3.05) is 26.1 Å². The second-order valence-corrected chi connectivity index (χ2v) is 6.82. The maximum atomic E-state index is 14.2. The number of nitro groups is 1. The zero-order valence-corrected chi connectivity index (χ0v) is 15.1. The summed E-state index contributed by atoms with van der Waals surface area (Å²) < 4.78 is 19.9. The van der Waals surface area contributed by atoms with Gasteiger partial charge in [-0.05, 0) is 18.2 Å². The van der Waals surface area contributed by atoms with Crippen molar-refractivity contribution in [2.45, 2.75) is 0 Å². The molecule has 3 aromatic rings. The number of anilines is 1. The highest BCUT2D eigenvalue weighted by molar-refractivity contribution is 7.23. The summed E-state index contributed by atoms with van der Waals surface area (Å²) >= 11 is 1.35. The second-order valence-electron chi connectivity index (χ2n) is 5.79. The minimum atomic E-state index is -0.555. The molecule has 0 atom stereocenters. The first-order valence-electron chi connectivity index (χ1n) is 7.60. The summed E-state index contributed by atoms with van der Waals surface area (Å²) in [6.07, 6.45) is 0. The molecule has 6 nitrogen and oxygen atoms in total. The summed E-state index contributed by atoms with van der Waals surface area (Å²) in [7, 11) is 4.98. The lowest BCUT2D eigenvalue weighted by atomic mass is 10.0. The molecule has 8 heteroatoms. The lowest BCUT2D eigenvalue weighted by Gasteiger charge is -2.12. The third-order valence-electron chi connectivity index (χ3n) is 3.92. The topological polar surface area (TPSA) is 72.7 Å². The van der Waals surface area contributed by atoms with Crippen molar-refractivity contribution in [3.63, 3.8) is 0 Å². The van der Waals surface area contributed by atoms with Crippen LogP contribution in [0, 0.1) is 15.9 Å². The van der Waals surface area contributed by atoms with Crippen molar-refractivity contribution in [3.8, 4) is 5.75 Å². The van der Waals surface area contributed by atoms with Gasteiger partial charge in [-0.25, -0.2) is 4.39 Å². The number of fused-ring (bicyclic) bond motifs is 1. The molecule has 1 aromatic heterocycles. The minimum absolute atomic E-state index is 0.0969. The fraction of sp³-hybridized carbons (Fsp3) is 0.167. The van der Waals surface area contributed by atoms with Crippen molar-refractivity contribution < 1.29 is 18.8 Å². The number of ether oxygens (including phenoxy) is 1. The largest absolute Gasteiger partial charge is 0.494 e. The van der Waals surface area contributed by atoms with Crippen LogP contribution in [0.4, 0.5) is 15.1 Å². The molecule has 0 fully saturated rings. The van der Waals surface area contributed by atoms with Crippen LogP contribution in [0.25, 0.3) is 10.1 Å². The number of hydrogen-bond acceptors (Lipinski definition) is 6. The highest BCUT2D eigenvalue weighted by Gasteiger charge is 2.23. The molecule has 0 aliphatic rings. The average molecular weight is 374 g/mol. The summed E-state index contributed by atoms with van der Waals surface area (Å²) in [4.78, 5) is 25.1. The minimum Gasteiger partial charge on any atom is -0.494 e. The predicted molar refractivity (Wildman–Crippen MR) is 99.2 cm³/mol. The molecule has 0 saturated heterocycles. The summed E-state index contributed by atoms with van der Waals surface area (Å²) in [5.41, 5.74) is 0.570. The molecule has 0 unspecified atom stereocenters. The van der Waals surface area contributed by atoms with Crippen LogP contribution in [0.3, 0.4) is 0 Å². The standard InChI is InChI=1S/C18H15FN2O4S/c1-20(2)18-16(12-8-13(19)14(25-3)9-15(12)26-18)17(22)10-4-6-11(7-5-10)21(23)24/h4-9H,1-3H3. The number of halogens is 1. The predicted octanol–water partition coefficient (Wildman–Crippen LogP) is 4.25. The van der Waals surface area contributed by atoms with E-state index in [1.807, 2.05) is 0 Å². The molecule has 0 spiro atoms. The summed E-state index contributed by atoms with van der Waals surface area (Å²) in [5.74, 6) is -0.765. The smallest absolute Gasteiger partial charge is 0.269 e. The Morgan fingerprint density at radius 1 is 1.23 bits per heavy atom. The summed E-state index contributed by atoms with van der Waals surface area (Å²) in [5, 5.41) is 12.0. The normalized spacial score (nSPS) is 10.8. The Hall–Kier alpha value is -3.00. The van der Waals surface area contributed by atoms with Crippen molar-refractivity contribution in [1.29, 1.82) is 0 Å². The van der Waals surface area contributed by atoms with E-state index in [4.69, 9.17) is 4.74 Å². The van der Waals surface area contributed by atoms with Crippen LogP contribution in [0.15, 0.2) is 36.4 Å². The first-order chi connectivity index (χ1) is 12.3. The SMILES string of the molecule is COc1cc2sc(N(C)C)c(C(=O)c3ccc([N+](=O)[O-])cc3)c2cc1F. The molecule has 0 aliphatic heterocycles. The van der Waals surface area contributed by atoms with Gasteiger partial charge in [0.05, 0.1) is 17.6 Å². The van der Waals surface area contributed by atoms with Crippen LogP contribution in [-0.2, 0) is 0 Å². The molecular weight excluding hydrogens is 359 g/mol. The molecule has 3 rings (SSSR count). The Morgan fingerprint density at radius 2 is 1.88 bits per heavy atom. The van der Waals surface area contributed by atoms with E-state index in [2.05, 4.69) is 0 Å². The quantitative estimate of drug-likeness (QED) is 0.379. The van der Waals surface area contributed by atoms with Gasteiger partial charge in [0.1, 0.15) is 5.00 Å². The fourth-order valence-electron chi connectivity index (χ4n) is 2.65. The zero-order valence-electron chi connectivity index (χ0n) is 14.3. The Balaban J connectivity index is 2.18. The lowest BCUT2D eigenvalue weighted by Crippen LogP contribution is -2.12. The number of rotatable bonds is 5. The van der Waals surface area contributed by atoms with Crippen LogP contribution in [-0.4, -0.2) is 31.9 Å². The van der Waals surface area contributed by atoms with Gasteiger partial charge in [0, 0.05) is 47.9 Å². The van der Waals surface area contributed by atoms with Gasteiger partial charge in [-0.2, -0.15) is 0 Å². The van der Waals surface area contributed by atoms with E-state index in [0.29, 0.717) is 21.5 Å². The number of benzene rings is 2. The van der Waals surface area contributed by atoms with Gasteiger partial charge >= 0.3 is 0 Å². The number of carbonyl (C=O) groups is 1. The number of non-ortho nitro benzene ring substituents is 1. The van der Waals surface area contributed by atoms with Gasteiger partial charge in [-0.3, -0.25) is 14.9 Å². The fourth-order valence-corrected chi connectivity index (χ4v) is 3.79. The second kappa shape index (κ2) is 6.72. The molecule has 2 aromatic carbocycles. The van der Waals surface area contributed by atoms with Gasteiger partial charge in [0.2, 0.25) is 0 Å².